The van der Waals surface area contributed by atoms with Crippen LogP contribution >= 0.6 is 0 Å². The molecule has 0 amide bonds. The molecule has 0 aromatic heterocycles. The Hall–Kier alpha value is -0.870. The minimum atomic E-state index is -0.285. The molecule has 1 rings (SSSR count). The molecule has 1 fully saturated rings. The third kappa shape index (κ3) is 4.33. The van der Waals surface area contributed by atoms with Gasteiger partial charge in [-0.15, -0.1) is 0 Å². The van der Waals surface area contributed by atoms with Crippen LogP contribution in [0.4, 0.5) is 0 Å². The van der Waals surface area contributed by atoms with Gasteiger partial charge >= 0.3 is 5.97 Å². The smallest absolute Gasteiger partial charge is 0.330 e. The zero-order valence-corrected chi connectivity index (χ0v) is 10.1. The van der Waals surface area contributed by atoms with Crippen LogP contribution in [0.5, 0.6) is 0 Å². The van der Waals surface area contributed by atoms with E-state index in [4.69, 9.17) is 4.74 Å². The van der Waals surface area contributed by atoms with Crippen LogP contribution in [0, 0.1) is 5.92 Å². The maximum atomic E-state index is 11.0. The van der Waals surface area contributed by atoms with E-state index in [0.29, 0.717) is 12.5 Å². The van der Waals surface area contributed by atoms with Gasteiger partial charge in [-0.1, -0.05) is 13.0 Å². The van der Waals surface area contributed by atoms with E-state index in [9.17, 15) is 9.90 Å². The molecule has 0 aliphatic carbocycles. The highest BCUT2D eigenvalue weighted by atomic mass is 16.5. The van der Waals surface area contributed by atoms with Crippen molar-refractivity contribution in [1.29, 1.82) is 0 Å². The highest BCUT2D eigenvalue weighted by Crippen LogP contribution is 2.15. The molecule has 4 nitrogen and oxygen atoms in total. The monoisotopic (exact) mass is 227 g/mol. The molecule has 0 saturated carbocycles. The molecule has 1 saturated heterocycles. The van der Waals surface area contributed by atoms with E-state index < -0.39 is 0 Å². The van der Waals surface area contributed by atoms with Crippen molar-refractivity contribution < 1.29 is 14.6 Å². The number of carbonyl (C=O) groups is 1. The van der Waals surface area contributed by atoms with Gasteiger partial charge in [0.05, 0.1) is 12.7 Å². The van der Waals surface area contributed by atoms with Gasteiger partial charge in [0.2, 0.25) is 0 Å². The van der Waals surface area contributed by atoms with Crippen molar-refractivity contribution in [2.75, 3.05) is 26.2 Å². The van der Waals surface area contributed by atoms with Gasteiger partial charge in [-0.25, -0.2) is 4.79 Å². The summed E-state index contributed by atoms with van der Waals surface area (Å²) in [5.41, 5.74) is 0. The SMILES string of the molecule is CCOC(=O)/C=C/CN1CCC(O)C(C)C1. The maximum Gasteiger partial charge on any atom is 0.330 e. The third-order valence-corrected chi connectivity index (χ3v) is 2.85. The molecular formula is C12H21NO3. The van der Waals surface area contributed by atoms with Gasteiger partial charge < -0.3 is 9.84 Å². The first-order valence-electron chi connectivity index (χ1n) is 5.87. The van der Waals surface area contributed by atoms with Crippen LogP contribution in [0.2, 0.25) is 0 Å². The fourth-order valence-electron chi connectivity index (χ4n) is 1.87. The van der Waals surface area contributed by atoms with E-state index in [2.05, 4.69) is 4.90 Å². The summed E-state index contributed by atoms with van der Waals surface area (Å²) in [5.74, 6) is 0.0253. The number of aliphatic hydroxyl groups excluding tert-OH is 1. The number of hydrogen-bond acceptors (Lipinski definition) is 4. The van der Waals surface area contributed by atoms with Crippen LogP contribution in [0.15, 0.2) is 12.2 Å². The predicted molar refractivity (Wildman–Crippen MR) is 62.0 cm³/mol. The Bertz CT molecular complexity index is 253. The van der Waals surface area contributed by atoms with Crippen molar-refractivity contribution in [3.63, 3.8) is 0 Å². The van der Waals surface area contributed by atoms with Crippen molar-refractivity contribution >= 4 is 5.97 Å². The van der Waals surface area contributed by atoms with Crippen molar-refractivity contribution in [3.05, 3.63) is 12.2 Å². The summed E-state index contributed by atoms with van der Waals surface area (Å²) >= 11 is 0. The fraction of sp³-hybridized carbons (Fsp3) is 0.750. The Balaban J connectivity index is 2.25. The third-order valence-electron chi connectivity index (χ3n) is 2.85. The summed E-state index contributed by atoms with van der Waals surface area (Å²) in [6, 6.07) is 0. The van der Waals surface area contributed by atoms with Gasteiger partial charge in [0, 0.05) is 25.7 Å². The molecule has 0 spiro atoms. The number of nitrogens with zero attached hydrogens (tertiary/aromatic N) is 1. The standard InChI is InChI=1S/C12H21NO3/c1-3-16-12(15)5-4-7-13-8-6-11(14)10(2)9-13/h4-5,10-11,14H,3,6-9H2,1-2H3/b5-4+. The summed E-state index contributed by atoms with van der Waals surface area (Å²) in [7, 11) is 0. The van der Waals surface area contributed by atoms with Crippen molar-refractivity contribution in [2.24, 2.45) is 5.92 Å². The van der Waals surface area contributed by atoms with Crippen LogP contribution in [0.3, 0.4) is 0 Å². The largest absolute Gasteiger partial charge is 0.463 e. The molecule has 4 heteroatoms. The number of hydrogen-bond donors (Lipinski definition) is 1. The molecule has 0 aromatic carbocycles. The molecule has 2 atom stereocenters. The lowest BCUT2D eigenvalue weighted by Crippen LogP contribution is -2.41. The molecule has 1 aliphatic rings. The molecule has 0 aromatic rings. The Kier molecular flexibility index (Phi) is 5.49. The van der Waals surface area contributed by atoms with E-state index in [0.717, 1.165) is 26.1 Å². The minimum Gasteiger partial charge on any atom is -0.463 e. The Labute approximate surface area is 96.9 Å². The van der Waals surface area contributed by atoms with Gasteiger partial charge in [-0.3, -0.25) is 4.90 Å². The van der Waals surface area contributed by atoms with Gasteiger partial charge in [-0.2, -0.15) is 0 Å². The van der Waals surface area contributed by atoms with Crippen LogP contribution in [-0.2, 0) is 9.53 Å². The highest BCUT2D eigenvalue weighted by Gasteiger charge is 2.23. The number of carbonyl (C=O) groups excluding carboxylic acids is 1. The van der Waals surface area contributed by atoms with E-state index in [1.54, 1.807) is 6.92 Å². The minimum absolute atomic E-state index is 0.176. The Morgan fingerprint density at radius 1 is 1.62 bits per heavy atom. The molecule has 0 bridgehead atoms. The number of aliphatic hydroxyl groups is 1. The second-order valence-corrected chi connectivity index (χ2v) is 4.25. The van der Waals surface area contributed by atoms with E-state index in [-0.39, 0.29) is 12.1 Å². The molecule has 92 valence electrons. The Morgan fingerprint density at radius 2 is 2.38 bits per heavy atom. The van der Waals surface area contributed by atoms with Crippen LogP contribution < -0.4 is 0 Å². The number of piperidine rings is 1. The normalized spacial score (nSPS) is 27.2. The quantitative estimate of drug-likeness (QED) is 0.570. The number of ether oxygens (including phenoxy) is 1. The predicted octanol–water partition coefficient (Wildman–Crippen LogP) is 0.808. The number of likely N-dealkylation sites (tertiary alicyclic amines) is 1. The van der Waals surface area contributed by atoms with Crippen LogP contribution in [0.25, 0.3) is 0 Å². The van der Waals surface area contributed by atoms with Crippen molar-refractivity contribution in [2.45, 2.75) is 26.4 Å². The lowest BCUT2D eigenvalue weighted by molar-refractivity contribution is -0.137. The maximum absolute atomic E-state index is 11.0. The summed E-state index contributed by atoms with van der Waals surface area (Å²) in [4.78, 5) is 13.3. The first-order chi connectivity index (χ1) is 7.63. The first-order valence-corrected chi connectivity index (χ1v) is 5.87. The zero-order chi connectivity index (χ0) is 12.0. The van der Waals surface area contributed by atoms with Gasteiger partial charge in [0.1, 0.15) is 0 Å². The van der Waals surface area contributed by atoms with Crippen molar-refractivity contribution in [3.8, 4) is 0 Å². The molecular weight excluding hydrogens is 206 g/mol. The highest BCUT2D eigenvalue weighted by molar-refractivity contribution is 5.81. The summed E-state index contributed by atoms with van der Waals surface area (Å²) < 4.78 is 4.79. The lowest BCUT2D eigenvalue weighted by atomic mass is 9.97. The van der Waals surface area contributed by atoms with Gasteiger partial charge in [0.15, 0.2) is 0 Å². The number of esters is 1. The molecule has 0 radical (unpaired) electrons. The second-order valence-electron chi connectivity index (χ2n) is 4.25. The topological polar surface area (TPSA) is 49.8 Å². The van der Waals surface area contributed by atoms with Crippen LogP contribution in [0.1, 0.15) is 20.3 Å². The first kappa shape index (κ1) is 13.2. The van der Waals surface area contributed by atoms with E-state index >= 15 is 0 Å². The van der Waals surface area contributed by atoms with E-state index in [1.807, 2.05) is 13.0 Å². The van der Waals surface area contributed by atoms with Gasteiger partial charge in [-0.05, 0) is 19.3 Å². The number of rotatable bonds is 4. The molecule has 2 unspecified atom stereocenters. The summed E-state index contributed by atoms with van der Waals surface area (Å²) in [6.45, 7) is 6.77. The molecule has 16 heavy (non-hydrogen) atoms. The lowest BCUT2D eigenvalue weighted by Gasteiger charge is -2.33. The molecule has 1 N–H and O–H groups in total. The Morgan fingerprint density at radius 3 is 3.00 bits per heavy atom. The summed E-state index contributed by atoms with van der Waals surface area (Å²) in [5, 5.41) is 9.56. The summed E-state index contributed by atoms with van der Waals surface area (Å²) in [6.07, 6.45) is 3.93. The average Bonchev–Trinajstić information content (AvgIpc) is 2.24. The average molecular weight is 227 g/mol. The zero-order valence-electron chi connectivity index (χ0n) is 10.1. The molecule has 1 heterocycles. The molecule has 1 aliphatic heterocycles. The van der Waals surface area contributed by atoms with E-state index in [1.165, 1.54) is 6.08 Å². The van der Waals surface area contributed by atoms with Crippen molar-refractivity contribution in [1.82, 2.24) is 4.90 Å². The van der Waals surface area contributed by atoms with Crippen LogP contribution in [-0.4, -0.2) is 48.3 Å². The second kappa shape index (κ2) is 6.66. The van der Waals surface area contributed by atoms with Gasteiger partial charge in [0.25, 0.3) is 0 Å². The fourth-order valence-corrected chi connectivity index (χ4v) is 1.87.